The van der Waals surface area contributed by atoms with Crippen molar-refractivity contribution in [3.05, 3.63) is 70.4 Å². The number of rotatable bonds is 6. The predicted molar refractivity (Wildman–Crippen MR) is 99.3 cm³/mol. The van der Waals surface area contributed by atoms with Crippen molar-refractivity contribution < 1.29 is 13.9 Å². The van der Waals surface area contributed by atoms with Gasteiger partial charge < -0.3 is 10.1 Å². The summed E-state index contributed by atoms with van der Waals surface area (Å²) < 4.78 is 20.2. The van der Waals surface area contributed by atoms with Gasteiger partial charge in [-0.1, -0.05) is 30.3 Å². The molecule has 1 aromatic heterocycles. The highest BCUT2D eigenvalue weighted by Gasteiger charge is 2.13. The van der Waals surface area contributed by atoms with Gasteiger partial charge in [-0.3, -0.25) is 4.79 Å². The summed E-state index contributed by atoms with van der Waals surface area (Å²) >= 11 is 1.30. The lowest BCUT2D eigenvalue weighted by atomic mass is 10.1. The van der Waals surface area contributed by atoms with E-state index in [1.165, 1.54) is 17.4 Å². The molecule has 0 saturated carbocycles. The van der Waals surface area contributed by atoms with Crippen LogP contribution in [-0.4, -0.2) is 12.0 Å². The normalized spacial score (nSPS) is 11.2. The molecule has 0 saturated heterocycles. The topological polar surface area (TPSA) is 38.3 Å². The minimum absolute atomic E-state index is 0.149. The van der Waals surface area contributed by atoms with Crippen LogP contribution < -0.4 is 5.32 Å². The molecular weight excluding hydrogens is 337 g/mol. The Hall–Kier alpha value is -2.24. The number of fused-ring (bicyclic) bond motifs is 1. The molecule has 25 heavy (non-hydrogen) atoms. The number of benzene rings is 2. The van der Waals surface area contributed by atoms with Gasteiger partial charge >= 0.3 is 0 Å². The zero-order valence-electron chi connectivity index (χ0n) is 14.2. The van der Waals surface area contributed by atoms with Gasteiger partial charge in [0, 0.05) is 16.6 Å². The SMILES string of the molecule is CC(C)OCc1ccccc1CNC(=O)c1cc2c(F)cccc2s1. The molecule has 0 fully saturated rings. The Labute approximate surface area is 150 Å². The molecule has 1 amide bonds. The Kier molecular flexibility index (Phi) is 5.46. The van der Waals surface area contributed by atoms with E-state index in [1.807, 2.05) is 44.2 Å². The van der Waals surface area contributed by atoms with Gasteiger partial charge in [-0.25, -0.2) is 4.39 Å². The van der Waals surface area contributed by atoms with Crippen molar-refractivity contribution in [2.75, 3.05) is 0 Å². The van der Waals surface area contributed by atoms with E-state index in [-0.39, 0.29) is 17.8 Å². The lowest BCUT2D eigenvalue weighted by Gasteiger charge is -2.12. The van der Waals surface area contributed by atoms with Crippen LogP contribution in [0.25, 0.3) is 10.1 Å². The molecule has 5 heteroatoms. The number of carbonyl (C=O) groups is 1. The fourth-order valence-corrected chi connectivity index (χ4v) is 3.52. The van der Waals surface area contributed by atoms with Crippen molar-refractivity contribution in [1.29, 1.82) is 0 Å². The minimum atomic E-state index is -0.302. The molecule has 0 aliphatic rings. The smallest absolute Gasteiger partial charge is 0.261 e. The van der Waals surface area contributed by atoms with Gasteiger partial charge in [0.1, 0.15) is 5.82 Å². The molecule has 1 heterocycles. The summed E-state index contributed by atoms with van der Waals surface area (Å²) in [6.07, 6.45) is 0.149. The summed E-state index contributed by atoms with van der Waals surface area (Å²) in [5.74, 6) is -0.496. The molecule has 3 nitrogen and oxygen atoms in total. The monoisotopic (exact) mass is 357 g/mol. The average molecular weight is 357 g/mol. The maximum absolute atomic E-state index is 13.8. The number of nitrogens with one attached hydrogen (secondary N) is 1. The maximum Gasteiger partial charge on any atom is 0.261 e. The number of amides is 1. The molecule has 0 unspecified atom stereocenters. The number of carbonyl (C=O) groups excluding carboxylic acids is 1. The minimum Gasteiger partial charge on any atom is -0.374 e. The first-order valence-electron chi connectivity index (χ1n) is 8.19. The van der Waals surface area contributed by atoms with Crippen LogP contribution in [0, 0.1) is 5.82 Å². The summed E-state index contributed by atoms with van der Waals surface area (Å²) in [5.41, 5.74) is 2.07. The number of halogens is 1. The summed E-state index contributed by atoms with van der Waals surface area (Å²) in [4.78, 5) is 12.9. The first-order chi connectivity index (χ1) is 12.0. The van der Waals surface area contributed by atoms with Crippen LogP contribution in [0.2, 0.25) is 0 Å². The van der Waals surface area contributed by atoms with Gasteiger partial charge in [0.15, 0.2) is 0 Å². The Balaban J connectivity index is 1.70. The van der Waals surface area contributed by atoms with Gasteiger partial charge in [-0.2, -0.15) is 0 Å². The zero-order valence-corrected chi connectivity index (χ0v) is 15.0. The van der Waals surface area contributed by atoms with Crippen molar-refractivity contribution in [2.24, 2.45) is 0 Å². The van der Waals surface area contributed by atoms with Crippen LogP contribution in [0.5, 0.6) is 0 Å². The Morgan fingerprint density at radius 3 is 2.64 bits per heavy atom. The summed E-state index contributed by atoms with van der Waals surface area (Å²) in [6, 6.07) is 14.4. The van der Waals surface area contributed by atoms with Crippen LogP contribution in [0.4, 0.5) is 4.39 Å². The van der Waals surface area contributed by atoms with E-state index in [9.17, 15) is 9.18 Å². The van der Waals surface area contributed by atoms with Gasteiger partial charge in [0.05, 0.1) is 17.6 Å². The van der Waals surface area contributed by atoms with Crippen LogP contribution in [0.15, 0.2) is 48.5 Å². The fraction of sp³-hybridized carbons (Fsp3) is 0.250. The largest absolute Gasteiger partial charge is 0.374 e. The van der Waals surface area contributed by atoms with E-state index < -0.39 is 0 Å². The van der Waals surface area contributed by atoms with E-state index in [2.05, 4.69) is 5.32 Å². The number of hydrogen-bond acceptors (Lipinski definition) is 3. The van der Waals surface area contributed by atoms with Crippen LogP contribution in [0.3, 0.4) is 0 Å². The van der Waals surface area contributed by atoms with Gasteiger partial charge in [0.2, 0.25) is 0 Å². The Bertz CT molecular complexity index is 888. The third-order valence-corrected chi connectivity index (χ3v) is 4.96. The van der Waals surface area contributed by atoms with E-state index in [0.29, 0.717) is 23.4 Å². The molecule has 0 atom stereocenters. The van der Waals surface area contributed by atoms with Crippen LogP contribution in [-0.2, 0) is 17.9 Å². The highest BCUT2D eigenvalue weighted by Crippen LogP contribution is 2.27. The number of ether oxygens (including phenoxy) is 1. The van der Waals surface area contributed by atoms with Gasteiger partial charge in [-0.05, 0) is 43.2 Å². The molecule has 2 aromatic carbocycles. The summed E-state index contributed by atoms with van der Waals surface area (Å²) in [6.45, 7) is 4.90. The molecule has 130 valence electrons. The molecule has 0 spiro atoms. The van der Waals surface area contributed by atoms with E-state index in [0.717, 1.165) is 15.8 Å². The second kappa shape index (κ2) is 7.76. The Morgan fingerprint density at radius 2 is 1.92 bits per heavy atom. The molecule has 0 aliphatic carbocycles. The predicted octanol–water partition coefficient (Wildman–Crippen LogP) is 4.90. The van der Waals surface area contributed by atoms with Gasteiger partial charge in [-0.15, -0.1) is 11.3 Å². The standard InChI is InChI=1S/C20H20FNO2S/c1-13(2)24-12-15-7-4-3-6-14(15)11-22-20(23)19-10-16-17(21)8-5-9-18(16)25-19/h3-10,13H,11-12H2,1-2H3,(H,22,23). The van der Waals surface area contributed by atoms with Gasteiger partial charge in [0.25, 0.3) is 5.91 Å². The summed E-state index contributed by atoms with van der Waals surface area (Å²) in [7, 11) is 0. The second-order valence-corrected chi connectivity index (χ2v) is 7.16. The van der Waals surface area contributed by atoms with Crippen molar-refractivity contribution in [3.8, 4) is 0 Å². The average Bonchev–Trinajstić information content (AvgIpc) is 3.04. The third-order valence-electron chi connectivity index (χ3n) is 3.86. The molecule has 0 bridgehead atoms. The second-order valence-electron chi connectivity index (χ2n) is 6.07. The van der Waals surface area contributed by atoms with Crippen LogP contribution >= 0.6 is 11.3 Å². The Morgan fingerprint density at radius 1 is 1.16 bits per heavy atom. The molecular formula is C20H20FNO2S. The van der Waals surface area contributed by atoms with Crippen molar-refractivity contribution in [1.82, 2.24) is 5.32 Å². The first kappa shape index (κ1) is 17.6. The van der Waals surface area contributed by atoms with E-state index in [4.69, 9.17) is 4.74 Å². The summed E-state index contributed by atoms with van der Waals surface area (Å²) in [5, 5.41) is 3.41. The van der Waals surface area contributed by atoms with Crippen molar-refractivity contribution in [2.45, 2.75) is 33.1 Å². The highest BCUT2D eigenvalue weighted by atomic mass is 32.1. The number of hydrogen-bond donors (Lipinski definition) is 1. The highest BCUT2D eigenvalue weighted by molar-refractivity contribution is 7.20. The molecule has 3 rings (SSSR count). The molecule has 0 aliphatic heterocycles. The fourth-order valence-electron chi connectivity index (χ4n) is 2.53. The quantitative estimate of drug-likeness (QED) is 0.682. The van der Waals surface area contributed by atoms with E-state index in [1.54, 1.807) is 12.1 Å². The maximum atomic E-state index is 13.8. The third kappa shape index (κ3) is 4.24. The van der Waals surface area contributed by atoms with Crippen molar-refractivity contribution in [3.63, 3.8) is 0 Å². The van der Waals surface area contributed by atoms with E-state index >= 15 is 0 Å². The number of thiophene rings is 1. The molecule has 1 N–H and O–H groups in total. The molecule has 0 radical (unpaired) electrons. The molecule has 3 aromatic rings. The zero-order chi connectivity index (χ0) is 17.8. The first-order valence-corrected chi connectivity index (χ1v) is 9.01. The lowest BCUT2D eigenvalue weighted by Crippen LogP contribution is -2.22. The van der Waals surface area contributed by atoms with Crippen LogP contribution in [0.1, 0.15) is 34.6 Å². The van der Waals surface area contributed by atoms with Crippen molar-refractivity contribution >= 4 is 27.3 Å². The lowest BCUT2D eigenvalue weighted by molar-refractivity contribution is 0.0651.